The van der Waals surface area contributed by atoms with Crippen LogP contribution < -0.4 is 10.1 Å². The first-order valence-electron chi connectivity index (χ1n) is 8.63. The van der Waals surface area contributed by atoms with Crippen LogP contribution in [-0.4, -0.2) is 28.4 Å². The highest BCUT2D eigenvalue weighted by molar-refractivity contribution is 8.00. The van der Waals surface area contributed by atoms with Crippen LogP contribution in [0.15, 0.2) is 33.7 Å². The molecular formula is C19H27N3O3S. The van der Waals surface area contributed by atoms with Gasteiger partial charge in [0.15, 0.2) is 5.82 Å². The van der Waals surface area contributed by atoms with Crippen molar-refractivity contribution >= 4 is 17.7 Å². The molecule has 1 amide bonds. The Morgan fingerprint density at radius 3 is 2.38 bits per heavy atom. The number of rotatable bonds is 7. The predicted molar refractivity (Wildman–Crippen MR) is 103 cm³/mol. The molecular weight excluding hydrogens is 350 g/mol. The molecule has 0 bridgehead atoms. The van der Waals surface area contributed by atoms with Crippen molar-refractivity contribution in [3.8, 4) is 5.75 Å². The number of thioether (sulfide) groups is 1. The minimum atomic E-state index is -0.705. The van der Waals surface area contributed by atoms with Crippen molar-refractivity contribution < 1.29 is 14.1 Å². The first kappa shape index (κ1) is 20.3. The molecule has 0 saturated carbocycles. The maximum absolute atomic E-state index is 12.3. The Morgan fingerprint density at radius 1 is 1.19 bits per heavy atom. The molecule has 0 atom stereocenters. The number of nitrogens with one attached hydrogen (secondary N) is 1. The van der Waals surface area contributed by atoms with Gasteiger partial charge in [-0.15, -0.1) is 11.8 Å². The molecule has 0 aliphatic rings. The number of ether oxygens (including phenoxy) is 1. The van der Waals surface area contributed by atoms with Crippen LogP contribution in [-0.2, 0) is 15.7 Å². The smallest absolute Gasteiger partial charge is 0.232 e. The summed E-state index contributed by atoms with van der Waals surface area (Å²) in [5.74, 6) is 2.08. The summed E-state index contributed by atoms with van der Waals surface area (Å²) in [6.45, 7) is 12.3. The monoisotopic (exact) mass is 377 g/mol. The third kappa shape index (κ3) is 5.49. The Hall–Kier alpha value is -2.02. The third-order valence-corrected chi connectivity index (χ3v) is 4.60. The van der Waals surface area contributed by atoms with Crippen LogP contribution in [0.3, 0.4) is 0 Å². The number of carbonyl (C=O) groups excluding carboxylic acids is 1. The van der Waals surface area contributed by atoms with Gasteiger partial charge in [0, 0.05) is 10.3 Å². The summed E-state index contributed by atoms with van der Waals surface area (Å²) in [5, 5.41) is 7.00. The van der Waals surface area contributed by atoms with Crippen molar-refractivity contribution in [3.05, 3.63) is 36.0 Å². The fourth-order valence-corrected chi connectivity index (χ4v) is 2.87. The van der Waals surface area contributed by atoms with E-state index in [-0.39, 0.29) is 11.3 Å². The second-order valence-electron chi connectivity index (χ2n) is 7.54. The summed E-state index contributed by atoms with van der Waals surface area (Å²) in [6, 6.07) is 7.70. The van der Waals surface area contributed by atoms with Crippen LogP contribution in [0.2, 0.25) is 0 Å². The lowest BCUT2D eigenvalue weighted by molar-refractivity contribution is -0.120. The van der Waals surface area contributed by atoms with E-state index in [1.807, 2.05) is 65.8 Å². The molecule has 7 heteroatoms. The normalized spacial score (nSPS) is 12.1. The highest BCUT2D eigenvalue weighted by Gasteiger charge is 2.31. The molecule has 0 fully saturated rings. The zero-order valence-corrected chi connectivity index (χ0v) is 17.1. The van der Waals surface area contributed by atoms with Crippen molar-refractivity contribution in [3.63, 3.8) is 0 Å². The van der Waals surface area contributed by atoms with E-state index < -0.39 is 5.54 Å². The number of hydrogen-bond donors (Lipinski definition) is 1. The molecule has 0 unspecified atom stereocenters. The van der Waals surface area contributed by atoms with E-state index in [2.05, 4.69) is 15.5 Å². The third-order valence-electron chi connectivity index (χ3n) is 3.58. The molecule has 2 rings (SSSR count). The van der Waals surface area contributed by atoms with Gasteiger partial charge < -0.3 is 14.6 Å². The molecule has 1 aromatic carbocycles. The zero-order chi connectivity index (χ0) is 19.4. The largest absolute Gasteiger partial charge is 0.494 e. The molecule has 26 heavy (non-hydrogen) atoms. The molecule has 142 valence electrons. The summed E-state index contributed by atoms with van der Waals surface area (Å²) in [6.07, 6.45) is 0. The minimum absolute atomic E-state index is 0.0870. The quantitative estimate of drug-likeness (QED) is 0.737. The lowest BCUT2D eigenvalue weighted by Crippen LogP contribution is -2.42. The van der Waals surface area contributed by atoms with Crippen LogP contribution in [0.5, 0.6) is 5.75 Å². The average molecular weight is 378 g/mol. The van der Waals surface area contributed by atoms with Crippen molar-refractivity contribution in [2.75, 3.05) is 12.4 Å². The molecule has 0 radical (unpaired) electrons. The Morgan fingerprint density at radius 2 is 1.85 bits per heavy atom. The summed E-state index contributed by atoms with van der Waals surface area (Å²) < 4.78 is 10.7. The van der Waals surface area contributed by atoms with Gasteiger partial charge in [-0.25, -0.2) is 0 Å². The van der Waals surface area contributed by atoms with E-state index in [4.69, 9.17) is 9.26 Å². The van der Waals surface area contributed by atoms with Gasteiger partial charge in [-0.1, -0.05) is 25.9 Å². The van der Waals surface area contributed by atoms with E-state index in [1.165, 1.54) is 11.8 Å². The molecule has 0 saturated heterocycles. The van der Waals surface area contributed by atoms with Crippen molar-refractivity contribution in [1.29, 1.82) is 0 Å². The van der Waals surface area contributed by atoms with Gasteiger partial charge in [-0.2, -0.15) is 4.98 Å². The van der Waals surface area contributed by atoms with E-state index in [9.17, 15) is 4.79 Å². The van der Waals surface area contributed by atoms with Crippen molar-refractivity contribution in [2.24, 2.45) is 0 Å². The number of nitrogens with zero attached hydrogens (tertiary/aromatic N) is 2. The van der Waals surface area contributed by atoms with E-state index in [1.54, 1.807) is 0 Å². The van der Waals surface area contributed by atoms with Gasteiger partial charge in [-0.05, 0) is 45.0 Å². The van der Waals surface area contributed by atoms with Crippen LogP contribution in [0, 0.1) is 0 Å². The minimum Gasteiger partial charge on any atom is -0.494 e. The van der Waals surface area contributed by atoms with Gasteiger partial charge in [0.25, 0.3) is 0 Å². The Balaban J connectivity index is 1.92. The van der Waals surface area contributed by atoms with Gasteiger partial charge in [-0.3, -0.25) is 4.79 Å². The standard InChI is InChI=1S/C19H27N3O3S/c1-7-24-13-8-10-14(11-9-13)26-12-15(23)21-19(5,6)16-20-17(25-22-16)18(2,3)4/h8-11H,7,12H2,1-6H3,(H,21,23). The Bertz CT molecular complexity index is 733. The highest BCUT2D eigenvalue weighted by Crippen LogP contribution is 2.25. The number of aromatic nitrogens is 2. The lowest BCUT2D eigenvalue weighted by atomic mass is 9.97. The summed E-state index contributed by atoms with van der Waals surface area (Å²) in [7, 11) is 0. The van der Waals surface area contributed by atoms with Crippen LogP contribution in [0.25, 0.3) is 0 Å². The second-order valence-corrected chi connectivity index (χ2v) is 8.59. The molecule has 0 aliphatic carbocycles. The number of carbonyl (C=O) groups is 1. The fraction of sp³-hybridized carbons (Fsp3) is 0.526. The van der Waals surface area contributed by atoms with Crippen LogP contribution in [0.4, 0.5) is 0 Å². The fourth-order valence-electron chi connectivity index (χ4n) is 2.17. The highest BCUT2D eigenvalue weighted by atomic mass is 32.2. The molecule has 1 aromatic heterocycles. The molecule has 0 spiro atoms. The SMILES string of the molecule is CCOc1ccc(SCC(=O)NC(C)(C)c2noc(C(C)(C)C)n2)cc1. The van der Waals surface area contributed by atoms with Gasteiger partial charge >= 0.3 is 0 Å². The number of benzene rings is 1. The Kier molecular flexibility index (Phi) is 6.34. The number of hydrogen-bond acceptors (Lipinski definition) is 6. The first-order valence-corrected chi connectivity index (χ1v) is 9.61. The summed E-state index contributed by atoms with van der Waals surface area (Å²) in [5.41, 5.74) is -0.932. The second kappa shape index (κ2) is 8.12. The van der Waals surface area contributed by atoms with Crippen LogP contribution >= 0.6 is 11.8 Å². The molecule has 1 N–H and O–H groups in total. The van der Waals surface area contributed by atoms with Gasteiger partial charge in [0.1, 0.15) is 5.75 Å². The maximum atomic E-state index is 12.3. The van der Waals surface area contributed by atoms with Crippen molar-refractivity contribution in [1.82, 2.24) is 15.5 Å². The maximum Gasteiger partial charge on any atom is 0.232 e. The number of amides is 1. The van der Waals surface area contributed by atoms with Gasteiger partial charge in [0.05, 0.1) is 17.9 Å². The molecule has 1 heterocycles. The molecule has 0 aliphatic heterocycles. The van der Waals surface area contributed by atoms with E-state index in [0.29, 0.717) is 24.1 Å². The van der Waals surface area contributed by atoms with E-state index in [0.717, 1.165) is 10.6 Å². The predicted octanol–water partition coefficient (Wildman–Crippen LogP) is 3.91. The Labute approximate surface area is 159 Å². The molecule has 6 nitrogen and oxygen atoms in total. The first-order chi connectivity index (χ1) is 12.1. The topological polar surface area (TPSA) is 77.2 Å². The van der Waals surface area contributed by atoms with Gasteiger partial charge in [0.2, 0.25) is 11.8 Å². The molecule has 2 aromatic rings. The summed E-state index contributed by atoms with van der Waals surface area (Å²) >= 11 is 1.47. The average Bonchev–Trinajstić information content (AvgIpc) is 3.05. The summed E-state index contributed by atoms with van der Waals surface area (Å²) in [4.78, 5) is 17.8. The lowest BCUT2D eigenvalue weighted by Gasteiger charge is -2.22. The van der Waals surface area contributed by atoms with Crippen LogP contribution in [0.1, 0.15) is 53.3 Å². The zero-order valence-electron chi connectivity index (χ0n) is 16.3. The van der Waals surface area contributed by atoms with E-state index >= 15 is 0 Å². The van der Waals surface area contributed by atoms with Crippen molar-refractivity contribution in [2.45, 2.75) is 57.4 Å².